The maximum atomic E-state index is 10.9. The van der Waals surface area contributed by atoms with E-state index < -0.39 is 0 Å². The highest BCUT2D eigenvalue weighted by Gasteiger charge is 2.22. The van der Waals surface area contributed by atoms with Crippen LogP contribution in [0.5, 0.6) is 5.75 Å². The molecule has 4 heteroatoms. The van der Waals surface area contributed by atoms with Gasteiger partial charge < -0.3 is 14.2 Å². The molecule has 0 radical (unpaired) electrons. The van der Waals surface area contributed by atoms with Crippen molar-refractivity contribution in [3.63, 3.8) is 0 Å². The highest BCUT2D eigenvalue weighted by Crippen LogP contribution is 2.16. The number of hydrogen-bond acceptors (Lipinski definition) is 4. The summed E-state index contributed by atoms with van der Waals surface area (Å²) in [5.41, 5.74) is 0.922. The minimum Gasteiger partial charge on any atom is -0.491 e. The molecule has 0 aromatic heterocycles. The third kappa shape index (κ3) is 3.92. The topological polar surface area (TPSA) is 48.1 Å². The number of benzene rings is 1. The van der Waals surface area contributed by atoms with Crippen LogP contribution in [0.4, 0.5) is 0 Å². The fourth-order valence-corrected chi connectivity index (χ4v) is 1.26. The van der Waals surface area contributed by atoms with E-state index in [4.69, 9.17) is 9.47 Å². The van der Waals surface area contributed by atoms with E-state index in [9.17, 15) is 4.79 Å². The number of esters is 1. The van der Waals surface area contributed by atoms with E-state index in [1.807, 2.05) is 24.3 Å². The maximum absolute atomic E-state index is 10.9. The Kier molecular flexibility index (Phi) is 3.77. The van der Waals surface area contributed by atoms with Gasteiger partial charge in [0.25, 0.3) is 0 Å². The highest BCUT2D eigenvalue weighted by molar-refractivity contribution is 5.86. The minimum atomic E-state index is -0.365. The van der Waals surface area contributed by atoms with Crippen molar-refractivity contribution in [3.8, 4) is 5.75 Å². The van der Waals surface area contributed by atoms with Crippen molar-refractivity contribution in [3.05, 3.63) is 35.9 Å². The zero-order valence-corrected chi connectivity index (χ0v) is 9.59. The average molecular weight is 234 g/mol. The Morgan fingerprint density at radius 3 is 2.76 bits per heavy atom. The number of hydrogen-bond donors (Lipinski definition) is 0. The molecule has 0 bridgehead atoms. The molecular weight excluding hydrogens is 220 g/mol. The smallest absolute Gasteiger partial charge is 0.330 e. The predicted molar refractivity (Wildman–Crippen MR) is 62.7 cm³/mol. The van der Waals surface area contributed by atoms with Crippen LogP contribution in [0.3, 0.4) is 0 Å². The van der Waals surface area contributed by atoms with E-state index >= 15 is 0 Å². The molecule has 0 spiro atoms. The average Bonchev–Trinajstić information content (AvgIpc) is 3.18. The molecule has 1 unspecified atom stereocenters. The number of rotatable bonds is 5. The molecule has 1 atom stereocenters. The van der Waals surface area contributed by atoms with Crippen LogP contribution in [0.15, 0.2) is 30.3 Å². The van der Waals surface area contributed by atoms with Crippen molar-refractivity contribution in [1.82, 2.24) is 0 Å². The van der Waals surface area contributed by atoms with Crippen molar-refractivity contribution >= 4 is 12.0 Å². The molecular formula is C13H14O4. The molecule has 1 aliphatic rings. The summed E-state index contributed by atoms with van der Waals surface area (Å²) in [6, 6.07) is 7.48. The highest BCUT2D eigenvalue weighted by atomic mass is 16.6. The summed E-state index contributed by atoms with van der Waals surface area (Å²) in [5.74, 6) is 0.437. The molecule has 1 aromatic rings. The van der Waals surface area contributed by atoms with Gasteiger partial charge in [-0.25, -0.2) is 4.79 Å². The Morgan fingerprint density at radius 2 is 2.18 bits per heavy atom. The molecule has 90 valence electrons. The Labute approximate surface area is 99.8 Å². The summed E-state index contributed by atoms with van der Waals surface area (Å²) in [7, 11) is 1.35. The zero-order valence-electron chi connectivity index (χ0n) is 9.59. The number of methoxy groups -OCH3 is 1. The van der Waals surface area contributed by atoms with Crippen LogP contribution in [-0.4, -0.2) is 32.4 Å². The lowest BCUT2D eigenvalue weighted by Gasteiger charge is -2.03. The summed E-state index contributed by atoms with van der Waals surface area (Å²) in [4.78, 5) is 10.9. The first-order chi connectivity index (χ1) is 8.28. The van der Waals surface area contributed by atoms with E-state index in [-0.39, 0.29) is 12.1 Å². The minimum absolute atomic E-state index is 0.258. The Hall–Kier alpha value is -1.81. The molecule has 17 heavy (non-hydrogen) atoms. The monoisotopic (exact) mass is 234 g/mol. The molecule has 1 heterocycles. The van der Waals surface area contributed by atoms with Gasteiger partial charge in [-0.2, -0.15) is 0 Å². The van der Waals surface area contributed by atoms with Crippen LogP contribution in [-0.2, 0) is 14.3 Å². The molecule has 0 amide bonds. The van der Waals surface area contributed by atoms with Crippen LogP contribution >= 0.6 is 0 Å². The molecule has 0 N–H and O–H groups in total. The molecule has 1 aliphatic heterocycles. The number of ether oxygens (including phenoxy) is 3. The van der Waals surface area contributed by atoms with Gasteiger partial charge in [0.05, 0.1) is 13.7 Å². The summed E-state index contributed by atoms with van der Waals surface area (Å²) in [6.45, 7) is 1.39. The molecule has 1 saturated heterocycles. The summed E-state index contributed by atoms with van der Waals surface area (Å²) < 4.78 is 15.0. The molecule has 4 nitrogen and oxygen atoms in total. The largest absolute Gasteiger partial charge is 0.491 e. The summed E-state index contributed by atoms with van der Waals surface area (Å²) in [5, 5.41) is 0. The number of epoxide rings is 1. The van der Waals surface area contributed by atoms with Crippen molar-refractivity contribution < 1.29 is 19.0 Å². The van der Waals surface area contributed by atoms with Crippen LogP contribution in [0.1, 0.15) is 5.56 Å². The van der Waals surface area contributed by atoms with Gasteiger partial charge in [-0.15, -0.1) is 0 Å². The van der Waals surface area contributed by atoms with E-state index in [1.165, 1.54) is 13.2 Å². The SMILES string of the molecule is COC(=O)C=Cc1ccc(OCC2CO2)cc1. The van der Waals surface area contributed by atoms with Gasteiger partial charge in [-0.1, -0.05) is 12.1 Å². The maximum Gasteiger partial charge on any atom is 0.330 e. The van der Waals surface area contributed by atoms with Crippen molar-refractivity contribution in [2.24, 2.45) is 0 Å². The quantitative estimate of drug-likeness (QED) is 0.441. The summed E-state index contributed by atoms with van der Waals surface area (Å²) >= 11 is 0. The van der Waals surface area contributed by atoms with Crippen LogP contribution in [0.25, 0.3) is 6.08 Å². The van der Waals surface area contributed by atoms with Gasteiger partial charge in [0, 0.05) is 6.08 Å². The van der Waals surface area contributed by atoms with E-state index in [2.05, 4.69) is 4.74 Å². The number of carbonyl (C=O) groups excluding carboxylic acids is 1. The normalized spacial score (nSPS) is 18.1. The lowest BCUT2D eigenvalue weighted by Crippen LogP contribution is -2.03. The summed E-state index contributed by atoms with van der Waals surface area (Å²) in [6.07, 6.45) is 3.34. The van der Waals surface area contributed by atoms with Gasteiger partial charge in [0.1, 0.15) is 18.5 Å². The van der Waals surface area contributed by atoms with Crippen LogP contribution in [0.2, 0.25) is 0 Å². The van der Waals surface area contributed by atoms with Crippen molar-refractivity contribution in [2.45, 2.75) is 6.10 Å². The van der Waals surface area contributed by atoms with Crippen molar-refractivity contribution in [1.29, 1.82) is 0 Å². The fourth-order valence-electron chi connectivity index (χ4n) is 1.26. The third-order valence-corrected chi connectivity index (χ3v) is 2.33. The first kappa shape index (κ1) is 11.7. The zero-order chi connectivity index (χ0) is 12.1. The second-order valence-electron chi connectivity index (χ2n) is 3.69. The van der Waals surface area contributed by atoms with E-state index in [0.29, 0.717) is 6.61 Å². The van der Waals surface area contributed by atoms with Crippen LogP contribution in [0, 0.1) is 0 Å². The first-order valence-electron chi connectivity index (χ1n) is 5.38. The molecule has 0 aliphatic carbocycles. The third-order valence-electron chi connectivity index (χ3n) is 2.33. The van der Waals surface area contributed by atoms with Gasteiger partial charge >= 0.3 is 5.97 Å². The van der Waals surface area contributed by atoms with Crippen LogP contribution < -0.4 is 4.74 Å². The van der Waals surface area contributed by atoms with Gasteiger partial charge in [-0.3, -0.25) is 0 Å². The first-order valence-corrected chi connectivity index (χ1v) is 5.38. The van der Waals surface area contributed by atoms with Gasteiger partial charge in [-0.05, 0) is 23.8 Å². The van der Waals surface area contributed by atoms with Crippen molar-refractivity contribution in [2.75, 3.05) is 20.3 Å². The lowest BCUT2D eigenvalue weighted by molar-refractivity contribution is -0.134. The van der Waals surface area contributed by atoms with Gasteiger partial charge in [0.15, 0.2) is 0 Å². The predicted octanol–water partition coefficient (Wildman–Crippen LogP) is 1.65. The van der Waals surface area contributed by atoms with E-state index in [1.54, 1.807) is 6.08 Å². The molecule has 2 rings (SSSR count). The number of carbonyl (C=O) groups is 1. The standard InChI is InChI=1S/C13H14O4/c1-15-13(14)7-4-10-2-5-11(6-3-10)16-8-12-9-17-12/h2-7,12H,8-9H2,1H3. The van der Waals surface area contributed by atoms with Gasteiger partial charge in [0.2, 0.25) is 0 Å². The Bertz CT molecular complexity index is 404. The lowest BCUT2D eigenvalue weighted by atomic mass is 10.2. The Balaban J connectivity index is 1.87. The molecule has 1 aromatic carbocycles. The fraction of sp³-hybridized carbons (Fsp3) is 0.308. The molecule has 1 fully saturated rings. The van der Waals surface area contributed by atoms with E-state index in [0.717, 1.165) is 17.9 Å². The second-order valence-corrected chi connectivity index (χ2v) is 3.69. The second kappa shape index (κ2) is 5.50. The molecule has 0 saturated carbocycles. The Morgan fingerprint density at radius 1 is 1.47 bits per heavy atom.